The molecule has 0 saturated carbocycles. The molecule has 2 aromatic rings. The first-order valence-electron chi connectivity index (χ1n) is 8.56. The lowest BCUT2D eigenvalue weighted by Crippen LogP contribution is -2.36. The predicted octanol–water partition coefficient (Wildman–Crippen LogP) is 2.33. The third-order valence-corrected chi connectivity index (χ3v) is 3.73. The lowest BCUT2D eigenvalue weighted by molar-refractivity contribution is 0.0963. The Kier molecular flexibility index (Phi) is 7.75. The van der Waals surface area contributed by atoms with E-state index >= 15 is 0 Å². The van der Waals surface area contributed by atoms with Gasteiger partial charge in [-0.25, -0.2) is 4.79 Å². The largest absolute Gasteiger partial charge is 0.355 e. The molecule has 2 rings (SSSR count). The van der Waals surface area contributed by atoms with Gasteiger partial charge in [-0.1, -0.05) is 54.3 Å². The van der Waals surface area contributed by atoms with Gasteiger partial charge in [-0.2, -0.15) is 0 Å². The second-order valence-corrected chi connectivity index (χ2v) is 5.63. The molecule has 134 valence electrons. The van der Waals surface area contributed by atoms with Gasteiger partial charge < -0.3 is 16.0 Å². The summed E-state index contributed by atoms with van der Waals surface area (Å²) in [5.41, 5.74) is 2.42. The molecule has 0 aliphatic heterocycles. The van der Waals surface area contributed by atoms with Gasteiger partial charge in [0.25, 0.3) is 5.91 Å². The van der Waals surface area contributed by atoms with E-state index in [9.17, 15) is 9.59 Å². The topological polar surface area (TPSA) is 70.2 Å². The molecule has 0 saturated heterocycles. The molecule has 0 spiro atoms. The van der Waals surface area contributed by atoms with E-state index in [0.29, 0.717) is 17.7 Å². The smallest absolute Gasteiger partial charge is 0.315 e. The first-order valence-corrected chi connectivity index (χ1v) is 8.56. The molecule has 0 bridgehead atoms. The van der Waals surface area contributed by atoms with Crippen molar-refractivity contribution in [2.24, 2.45) is 0 Å². The fourth-order valence-electron chi connectivity index (χ4n) is 2.39. The molecular formula is C21H23N3O2. The van der Waals surface area contributed by atoms with Crippen molar-refractivity contribution in [3.05, 3.63) is 71.3 Å². The number of amides is 3. The van der Waals surface area contributed by atoms with Crippen LogP contribution in [0.2, 0.25) is 0 Å². The molecule has 0 aromatic heterocycles. The third kappa shape index (κ3) is 6.33. The molecule has 3 amide bonds. The molecule has 5 heteroatoms. The highest BCUT2D eigenvalue weighted by molar-refractivity contribution is 5.96. The second-order valence-electron chi connectivity index (χ2n) is 5.63. The van der Waals surface area contributed by atoms with Crippen molar-refractivity contribution in [2.75, 3.05) is 20.1 Å². The Labute approximate surface area is 154 Å². The number of rotatable bonds is 6. The van der Waals surface area contributed by atoms with Gasteiger partial charge in [0, 0.05) is 19.2 Å². The monoisotopic (exact) mass is 349 g/mol. The number of hydrogen-bond acceptors (Lipinski definition) is 2. The van der Waals surface area contributed by atoms with Crippen LogP contribution >= 0.6 is 0 Å². The summed E-state index contributed by atoms with van der Waals surface area (Å²) >= 11 is 0. The van der Waals surface area contributed by atoms with E-state index in [-0.39, 0.29) is 18.5 Å². The van der Waals surface area contributed by atoms with Gasteiger partial charge in [-0.15, -0.1) is 0 Å². The maximum atomic E-state index is 11.8. The first kappa shape index (κ1) is 19.1. The lowest BCUT2D eigenvalue weighted by Gasteiger charge is -2.05. The van der Waals surface area contributed by atoms with Crippen LogP contribution in [0.1, 0.15) is 27.9 Å². The van der Waals surface area contributed by atoms with Gasteiger partial charge in [-0.3, -0.25) is 4.79 Å². The maximum absolute atomic E-state index is 11.8. The van der Waals surface area contributed by atoms with Crippen LogP contribution in [-0.4, -0.2) is 32.1 Å². The van der Waals surface area contributed by atoms with Gasteiger partial charge in [0.1, 0.15) is 0 Å². The Morgan fingerprint density at radius 1 is 0.962 bits per heavy atom. The Hall–Kier alpha value is -3.26. The molecule has 0 radical (unpaired) electrons. The normalized spacial score (nSPS) is 9.58. The molecule has 0 fully saturated rings. The lowest BCUT2D eigenvalue weighted by atomic mass is 10.1. The zero-order valence-electron chi connectivity index (χ0n) is 14.8. The number of urea groups is 1. The van der Waals surface area contributed by atoms with E-state index in [1.54, 1.807) is 25.2 Å². The van der Waals surface area contributed by atoms with Crippen molar-refractivity contribution in [1.29, 1.82) is 0 Å². The average Bonchev–Trinajstić information content (AvgIpc) is 2.69. The van der Waals surface area contributed by atoms with Crippen molar-refractivity contribution in [1.82, 2.24) is 16.0 Å². The van der Waals surface area contributed by atoms with Crippen LogP contribution in [0.15, 0.2) is 54.6 Å². The minimum atomic E-state index is -0.244. The van der Waals surface area contributed by atoms with Crippen LogP contribution in [0.3, 0.4) is 0 Å². The number of nitrogens with one attached hydrogen (secondary N) is 3. The Bertz CT molecular complexity index is 792. The van der Waals surface area contributed by atoms with E-state index in [2.05, 4.69) is 39.9 Å². The van der Waals surface area contributed by atoms with E-state index < -0.39 is 0 Å². The summed E-state index contributed by atoms with van der Waals surface area (Å²) < 4.78 is 0. The summed E-state index contributed by atoms with van der Waals surface area (Å²) in [5.74, 6) is 5.60. The molecule has 0 aliphatic carbocycles. The van der Waals surface area contributed by atoms with Crippen LogP contribution in [-0.2, 0) is 6.42 Å². The molecule has 26 heavy (non-hydrogen) atoms. The van der Waals surface area contributed by atoms with Crippen molar-refractivity contribution in [3.8, 4) is 11.8 Å². The average molecular weight is 349 g/mol. The molecule has 0 heterocycles. The zero-order valence-corrected chi connectivity index (χ0v) is 14.8. The number of carbonyl (C=O) groups excluding carboxylic acids is 2. The highest BCUT2D eigenvalue weighted by atomic mass is 16.2. The zero-order chi connectivity index (χ0) is 18.6. The molecule has 3 N–H and O–H groups in total. The van der Waals surface area contributed by atoms with E-state index in [1.807, 2.05) is 24.3 Å². The Balaban J connectivity index is 1.71. The van der Waals surface area contributed by atoms with Crippen molar-refractivity contribution < 1.29 is 9.59 Å². The van der Waals surface area contributed by atoms with Crippen LogP contribution in [0.4, 0.5) is 4.79 Å². The minimum absolute atomic E-state index is 0.181. The van der Waals surface area contributed by atoms with Crippen LogP contribution in [0, 0.1) is 11.8 Å². The Morgan fingerprint density at radius 2 is 1.69 bits per heavy atom. The van der Waals surface area contributed by atoms with Crippen molar-refractivity contribution in [3.63, 3.8) is 0 Å². The summed E-state index contributed by atoms with van der Waals surface area (Å²) in [7, 11) is 1.58. The molecule has 0 aliphatic rings. The van der Waals surface area contributed by atoms with Crippen LogP contribution in [0.5, 0.6) is 0 Å². The standard InChI is InChI=1S/C21H23N3O2/c1-22-20(25)19-14-6-5-12-18(19)13-8-16-24-21(26)23-15-7-11-17-9-3-2-4-10-17/h2-6,9-10,12,14H,7,11,15-16H2,1H3,(H,22,25)(H2,23,24,26). The fourth-order valence-corrected chi connectivity index (χ4v) is 2.39. The van der Waals surface area contributed by atoms with E-state index in [0.717, 1.165) is 12.8 Å². The molecule has 0 unspecified atom stereocenters. The fraction of sp³-hybridized carbons (Fsp3) is 0.238. The minimum Gasteiger partial charge on any atom is -0.355 e. The highest BCUT2D eigenvalue weighted by Gasteiger charge is 2.06. The van der Waals surface area contributed by atoms with Gasteiger partial charge in [0.2, 0.25) is 0 Å². The van der Waals surface area contributed by atoms with Gasteiger partial charge in [0.15, 0.2) is 0 Å². The number of carbonyl (C=O) groups is 2. The van der Waals surface area contributed by atoms with Gasteiger partial charge in [0.05, 0.1) is 12.1 Å². The van der Waals surface area contributed by atoms with Crippen LogP contribution < -0.4 is 16.0 Å². The van der Waals surface area contributed by atoms with Crippen molar-refractivity contribution in [2.45, 2.75) is 12.8 Å². The third-order valence-electron chi connectivity index (χ3n) is 3.73. The molecular weight excluding hydrogens is 326 g/mol. The summed E-state index contributed by atoms with van der Waals surface area (Å²) in [5, 5.41) is 8.08. The molecule has 0 atom stereocenters. The number of aryl methyl sites for hydroxylation is 1. The SMILES string of the molecule is CNC(=O)c1ccccc1C#CCNC(=O)NCCCc1ccccc1. The number of benzene rings is 2. The summed E-state index contributed by atoms with van der Waals surface area (Å²) in [4.78, 5) is 23.5. The van der Waals surface area contributed by atoms with E-state index in [4.69, 9.17) is 0 Å². The second kappa shape index (κ2) is 10.6. The Morgan fingerprint density at radius 3 is 2.46 bits per heavy atom. The van der Waals surface area contributed by atoms with Gasteiger partial charge in [-0.05, 0) is 30.5 Å². The maximum Gasteiger partial charge on any atom is 0.315 e. The quantitative estimate of drug-likeness (QED) is 0.553. The summed E-state index contributed by atoms with van der Waals surface area (Å²) in [6.45, 7) is 0.820. The summed E-state index contributed by atoms with van der Waals surface area (Å²) in [6.07, 6.45) is 1.81. The van der Waals surface area contributed by atoms with E-state index in [1.165, 1.54) is 5.56 Å². The first-order chi connectivity index (χ1) is 12.7. The van der Waals surface area contributed by atoms with Crippen molar-refractivity contribution >= 4 is 11.9 Å². The van der Waals surface area contributed by atoms with Crippen LogP contribution in [0.25, 0.3) is 0 Å². The predicted molar refractivity (Wildman–Crippen MR) is 103 cm³/mol. The number of hydrogen-bond donors (Lipinski definition) is 3. The molecule has 2 aromatic carbocycles. The van der Waals surface area contributed by atoms with Gasteiger partial charge >= 0.3 is 6.03 Å². The summed E-state index contributed by atoms with van der Waals surface area (Å²) in [6, 6.07) is 17.0. The highest BCUT2D eigenvalue weighted by Crippen LogP contribution is 2.06. The molecule has 5 nitrogen and oxygen atoms in total.